The quantitative estimate of drug-likeness (QED) is 0.614. The molecular formula is C15H14N2. The Labute approximate surface area is 101 Å². The highest BCUT2D eigenvalue weighted by atomic mass is 15.0. The number of benzene rings is 1. The van der Waals surface area contributed by atoms with E-state index in [9.17, 15) is 0 Å². The first-order chi connectivity index (χ1) is 8.24. The van der Waals surface area contributed by atoms with Crippen molar-refractivity contribution in [3.63, 3.8) is 0 Å². The highest BCUT2D eigenvalue weighted by Gasteiger charge is 2.06. The monoisotopic (exact) mass is 222 g/mol. The molecule has 1 aromatic carbocycles. The summed E-state index contributed by atoms with van der Waals surface area (Å²) in [5, 5.41) is 0. The standard InChI is InChI=1S/C15H14N2/c1-11-7-8-17-10-14(16-15(17)9-11)13-6-4-3-5-12(13)2/h3-10H,1-2H3. The lowest BCUT2D eigenvalue weighted by Crippen LogP contribution is -1.81. The molecule has 0 aliphatic heterocycles. The Morgan fingerprint density at radius 1 is 1.06 bits per heavy atom. The fourth-order valence-electron chi connectivity index (χ4n) is 2.07. The first-order valence-corrected chi connectivity index (χ1v) is 5.75. The Balaban J connectivity index is 2.22. The van der Waals surface area contributed by atoms with Gasteiger partial charge < -0.3 is 4.40 Å². The van der Waals surface area contributed by atoms with E-state index in [-0.39, 0.29) is 0 Å². The van der Waals surface area contributed by atoms with Crippen molar-refractivity contribution in [3.05, 3.63) is 59.9 Å². The maximum absolute atomic E-state index is 4.67. The first-order valence-electron chi connectivity index (χ1n) is 5.75. The molecule has 84 valence electrons. The lowest BCUT2D eigenvalue weighted by atomic mass is 10.1. The fraction of sp³-hybridized carbons (Fsp3) is 0.133. The van der Waals surface area contributed by atoms with E-state index in [2.05, 4.69) is 72.0 Å². The first kappa shape index (κ1) is 10.1. The molecule has 0 aliphatic rings. The van der Waals surface area contributed by atoms with Gasteiger partial charge in [0.25, 0.3) is 0 Å². The molecular weight excluding hydrogens is 208 g/mol. The predicted octanol–water partition coefficient (Wildman–Crippen LogP) is 3.62. The summed E-state index contributed by atoms with van der Waals surface area (Å²) in [5.74, 6) is 0. The third kappa shape index (κ3) is 1.72. The molecule has 0 saturated heterocycles. The molecule has 0 unspecified atom stereocenters. The van der Waals surface area contributed by atoms with Gasteiger partial charge in [-0.25, -0.2) is 4.98 Å². The van der Waals surface area contributed by atoms with E-state index in [1.54, 1.807) is 0 Å². The Morgan fingerprint density at radius 2 is 1.88 bits per heavy atom. The molecule has 3 rings (SSSR count). The lowest BCUT2D eigenvalue weighted by Gasteiger charge is -1.99. The molecule has 2 nitrogen and oxygen atoms in total. The number of rotatable bonds is 1. The Morgan fingerprint density at radius 3 is 2.71 bits per heavy atom. The van der Waals surface area contributed by atoms with Crippen molar-refractivity contribution in [2.24, 2.45) is 0 Å². The van der Waals surface area contributed by atoms with Crippen LogP contribution in [0.15, 0.2) is 48.8 Å². The normalized spacial score (nSPS) is 10.9. The summed E-state index contributed by atoms with van der Waals surface area (Å²) in [7, 11) is 0. The summed E-state index contributed by atoms with van der Waals surface area (Å²) >= 11 is 0. The fourth-order valence-corrected chi connectivity index (χ4v) is 2.07. The van der Waals surface area contributed by atoms with Gasteiger partial charge >= 0.3 is 0 Å². The van der Waals surface area contributed by atoms with Gasteiger partial charge in [0.2, 0.25) is 0 Å². The second-order valence-electron chi connectivity index (χ2n) is 4.41. The van der Waals surface area contributed by atoms with Crippen LogP contribution in [0.25, 0.3) is 16.9 Å². The molecule has 0 N–H and O–H groups in total. The molecule has 17 heavy (non-hydrogen) atoms. The number of fused-ring (bicyclic) bond motifs is 1. The second-order valence-corrected chi connectivity index (χ2v) is 4.41. The lowest BCUT2D eigenvalue weighted by molar-refractivity contribution is 1.17. The SMILES string of the molecule is Cc1ccn2cc(-c3ccccc3C)nc2c1. The largest absolute Gasteiger partial charge is 0.306 e. The molecule has 0 spiro atoms. The van der Waals surface area contributed by atoms with Crippen molar-refractivity contribution in [1.29, 1.82) is 0 Å². The molecule has 3 aromatic rings. The Hall–Kier alpha value is -2.09. The van der Waals surface area contributed by atoms with E-state index in [0.29, 0.717) is 0 Å². The molecule has 2 heterocycles. The third-order valence-electron chi connectivity index (χ3n) is 3.04. The van der Waals surface area contributed by atoms with Gasteiger partial charge in [-0.1, -0.05) is 24.3 Å². The van der Waals surface area contributed by atoms with E-state index in [1.165, 1.54) is 16.7 Å². The van der Waals surface area contributed by atoms with E-state index in [4.69, 9.17) is 0 Å². The summed E-state index contributed by atoms with van der Waals surface area (Å²) in [6.45, 7) is 4.20. The number of hydrogen-bond donors (Lipinski definition) is 0. The maximum Gasteiger partial charge on any atom is 0.137 e. The van der Waals surface area contributed by atoms with Crippen molar-refractivity contribution in [3.8, 4) is 11.3 Å². The summed E-state index contributed by atoms with van der Waals surface area (Å²) < 4.78 is 2.06. The van der Waals surface area contributed by atoms with Crippen molar-refractivity contribution < 1.29 is 0 Å². The zero-order valence-electron chi connectivity index (χ0n) is 10.0. The zero-order valence-corrected chi connectivity index (χ0v) is 10.0. The number of aryl methyl sites for hydroxylation is 2. The Kier molecular flexibility index (Phi) is 2.22. The summed E-state index contributed by atoms with van der Waals surface area (Å²) in [5.41, 5.74) is 5.73. The van der Waals surface area contributed by atoms with Crippen LogP contribution in [0.3, 0.4) is 0 Å². The van der Waals surface area contributed by atoms with Crippen LogP contribution in [0.4, 0.5) is 0 Å². The molecule has 2 aromatic heterocycles. The zero-order chi connectivity index (χ0) is 11.8. The predicted molar refractivity (Wildman–Crippen MR) is 70.1 cm³/mol. The van der Waals surface area contributed by atoms with Crippen molar-refractivity contribution in [2.45, 2.75) is 13.8 Å². The average molecular weight is 222 g/mol. The highest BCUT2D eigenvalue weighted by Crippen LogP contribution is 2.22. The Bertz CT molecular complexity index is 680. The minimum absolute atomic E-state index is 1.00. The second kappa shape index (κ2) is 3.74. The topological polar surface area (TPSA) is 17.3 Å². The van der Waals surface area contributed by atoms with Crippen LogP contribution >= 0.6 is 0 Å². The molecule has 0 aliphatic carbocycles. The van der Waals surface area contributed by atoms with Gasteiger partial charge in [0.1, 0.15) is 5.65 Å². The number of hydrogen-bond acceptors (Lipinski definition) is 1. The van der Waals surface area contributed by atoms with Gasteiger partial charge in [-0.15, -0.1) is 0 Å². The van der Waals surface area contributed by atoms with Gasteiger partial charge in [-0.3, -0.25) is 0 Å². The molecule has 2 heteroatoms. The number of imidazole rings is 1. The average Bonchev–Trinajstić information content (AvgIpc) is 2.72. The van der Waals surface area contributed by atoms with Crippen molar-refractivity contribution in [1.82, 2.24) is 9.38 Å². The summed E-state index contributed by atoms with van der Waals surface area (Å²) in [4.78, 5) is 4.67. The van der Waals surface area contributed by atoms with E-state index in [1.807, 2.05) is 0 Å². The molecule has 0 saturated carbocycles. The van der Waals surface area contributed by atoms with Crippen LogP contribution in [0.5, 0.6) is 0 Å². The molecule has 0 radical (unpaired) electrons. The number of aromatic nitrogens is 2. The van der Waals surface area contributed by atoms with E-state index in [0.717, 1.165) is 11.3 Å². The minimum Gasteiger partial charge on any atom is -0.306 e. The minimum atomic E-state index is 1.00. The number of nitrogens with zero attached hydrogens (tertiary/aromatic N) is 2. The van der Waals surface area contributed by atoms with Crippen LogP contribution in [0.2, 0.25) is 0 Å². The molecule has 0 fully saturated rings. The number of pyridine rings is 1. The van der Waals surface area contributed by atoms with Crippen LogP contribution in [-0.2, 0) is 0 Å². The molecule has 0 amide bonds. The van der Waals surface area contributed by atoms with Crippen molar-refractivity contribution >= 4 is 5.65 Å². The molecule has 0 bridgehead atoms. The van der Waals surface area contributed by atoms with Crippen LogP contribution in [0, 0.1) is 13.8 Å². The third-order valence-corrected chi connectivity index (χ3v) is 3.04. The summed E-state index contributed by atoms with van der Waals surface area (Å²) in [6.07, 6.45) is 4.14. The van der Waals surface area contributed by atoms with Gasteiger partial charge in [-0.2, -0.15) is 0 Å². The molecule has 0 atom stereocenters. The highest BCUT2D eigenvalue weighted by molar-refractivity contribution is 5.66. The van der Waals surface area contributed by atoms with Crippen LogP contribution < -0.4 is 0 Å². The van der Waals surface area contributed by atoms with Crippen LogP contribution in [-0.4, -0.2) is 9.38 Å². The van der Waals surface area contributed by atoms with Gasteiger partial charge in [0, 0.05) is 18.0 Å². The maximum atomic E-state index is 4.67. The van der Waals surface area contributed by atoms with E-state index < -0.39 is 0 Å². The van der Waals surface area contributed by atoms with Gasteiger partial charge in [0.15, 0.2) is 0 Å². The van der Waals surface area contributed by atoms with E-state index >= 15 is 0 Å². The van der Waals surface area contributed by atoms with Gasteiger partial charge in [0.05, 0.1) is 5.69 Å². The van der Waals surface area contributed by atoms with Crippen molar-refractivity contribution in [2.75, 3.05) is 0 Å². The summed E-state index contributed by atoms with van der Waals surface area (Å²) in [6, 6.07) is 12.5. The smallest absolute Gasteiger partial charge is 0.137 e. The van der Waals surface area contributed by atoms with Crippen LogP contribution in [0.1, 0.15) is 11.1 Å². The van der Waals surface area contributed by atoms with Gasteiger partial charge in [-0.05, 0) is 37.1 Å².